The van der Waals surface area contributed by atoms with Gasteiger partial charge in [-0.05, 0) is 49.3 Å². The summed E-state index contributed by atoms with van der Waals surface area (Å²) in [5.74, 6) is 1.95. The fourth-order valence-corrected chi connectivity index (χ4v) is 3.96. The van der Waals surface area contributed by atoms with Gasteiger partial charge in [-0.1, -0.05) is 19.9 Å². The highest BCUT2D eigenvalue weighted by molar-refractivity contribution is 5.80. The Morgan fingerprint density at radius 2 is 2.00 bits per heavy atom. The van der Waals surface area contributed by atoms with Crippen molar-refractivity contribution in [2.45, 2.75) is 40.2 Å². The first-order valence-corrected chi connectivity index (χ1v) is 11.2. The van der Waals surface area contributed by atoms with Gasteiger partial charge in [0.25, 0.3) is 0 Å². The van der Waals surface area contributed by atoms with Crippen LogP contribution in [0, 0.1) is 17.7 Å². The Balaban J connectivity index is 1.91. The van der Waals surface area contributed by atoms with Gasteiger partial charge in [0.05, 0.1) is 7.11 Å². The Morgan fingerprint density at radius 3 is 2.57 bits per heavy atom. The lowest BCUT2D eigenvalue weighted by Gasteiger charge is -2.36. The van der Waals surface area contributed by atoms with Crippen LogP contribution in [0.4, 0.5) is 4.39 Å². The van der Waals surface area contributed by atoms with E-state index in [0.29, 0.717) is 11.8 Å². The zero-order valence-corrected chi connectivity index (χ0v) is 19.0. The fraction of sp³-hybridized carbons (Fsp3) is 0.696. The maximum Gasteiger partial charge on any atom is 0.194 e. The molecule has 0 aliphatic carbocycles. The molecule has 1 aliphatic rings. The molecule has 1 saturated heterocycles. The second kappa shape index (κ2) is 12.7. The second-order valence-corrected chi connectivity index (χ2v) is 8.43. The van der Waals surface area contributed by atoms with Crippen molar-refractivity contribution in [1.29, 1.82) is 0 Å². The van der Waals surface area contributed by atoms with E-state index in [4.69, 9.17) is 9.73 Å². The van der Waals surface area contributed by atoms with Gasteiger partial charge in [-0.2, -0.15) is 0 Å². The molecule has 1 aromatic rings. The van der Waals surface area contributed by atoms with Crippen molar-refractivity contribution in [3.8, 4) is 5.75 Å². The number of aliphatic hydroxyl groups excluding tert-OH is 1. The summed E-state index contributed by atoms with van der Waals surface area (Å²) in [6.07, 6.45) is 1.88. The smallest absolute Gasteiger partial charge is 0.194 e. The summed E-state index contributed by atoms with van der Waals surface area (Å²) in [6.45, 7) is 12.6. The molecule has 2 rings (SSSR count). The molecule has 1 aliphatic heterocycles. The van der Waals surface area contributed by atoms with Crippen molar-refractivity contribution in [1.82, 2.24) is 15.1 Å². The molecule has 0 amide bonds. The molecule has 1 aromatic carbocycles. The van der Waals surface area contributed by atoms with Gasteiger partial charge >= 0.3 is 0 Å². The molecule has 0 saturated carbocycles. The van der Waals surface area contributed by atoms with Crippen LogP contribution in [0.2, 0.25) is 0 Å². The number of methoxy groups -OCH3 is 1. The first-order valence-electron chi connectivity index (χ1n) is 11.2. The van der Waals surface area contributed by atoms with Crippen LogP contribution in [-0.2, 0) is 6.54 Å². The number of aliphatic imine (C=N–C) groups is 1. The number of nitrogens with one attached hydrogen (secondary N) is 1. The number of benzene rings is 1. The lowest BCUT2D eigenvalue weighted by Crippen LogP contribution is -2.52. The van der Waals surface area contributed by atoms with Gasteiger partial charge in [-0.25, -0.2) is 4.39 Å². The first-order chi connectivity index (χ1) is 14.5. The van der Waals surface area contributed by atoms with E-state index in [1.54, 1.807) is 12.1 Å². The normalized spacial score (nSPS) is 16.8. The number of halogens is 1. The average molecular weight is 423 g/mol. The molecule has 1 heterocycles. The lowest BCUT2D eigenvalue weighted by atomic mass is 9.94. The summed E-state index contributed by atoms with van der Waals surface area (Å²) < 4.78 is 18.9. The van der Waals surface area contributed by atoms with Crippen molar-refractivity contribution in [3.05, 3.63) is 29.6 Å². The highest BCUT2D eigenvalue weighted by Crippen LogP contribution is 2.19. The molecule has 2 N–H and O–H groups in total. The third-order valence-corrected chi connectivity index (χ3v) is 5.47. The third-order valence-electron chi connectivity index (χ3n) is 5.47. The largest absolute Gasteiger partial charge is 0.494 e. The molecule has 0 spiro atoms. The fourth-order valence-electron chi connectivity index (χ4n) is 3.96. The predicted octanol–water partition coefficient (Wildman–Crippen LogP) is 2.96. The number of nitrogens with zero attached hydrogens (tertiary/aromatic N) is 3. The van der Waals surface area contributed by atoms with Crippen molar-refractivity contribution < 1.29 is 14.2 Å². The Labute approximate surface area is 181 Å². The van der Waals surface area contributed by atoms with Crippen LogP contribution in [0.5, 0.6) is 5.75 Å². The molecule has 0 aromatic heterocycles. The Kier molecular flexibility index (Phi) is 10.4. The number of ether oxygens (including phenoxy) is 1. The van der Waals surface area contributed by atoms with E-state index < -0.39 is 0 Å². The van der Waals surface area contributed by atoms with Crippen LogP contribution in [0.3, 0.4) is 0 Å². The maximum absolute atomic E-state index is 13.9. The Morgan fingerprint density at radius 1 is 1.27 bits per heavy atom. The summed E-state index contributed by atoms with van der Waals surface area (Å²) in [6, 6.07) is 5.18. The van der Waals surface area contributed by atoms with Crippen LogP contribution in [0.15, 0.2) is 23.2 Å². The summed E-state index contributed by atoms with van der Waals surface area (Å²) >= 11 is 0. The number of piperazine rings is 1. The highest BCUT2D eigenvalue weighted by atomic mass is 19.1. The zero-order chi connectivity index (χ0) is 21.9. The third kappa shape index (κ3) is 7.76. The quantitative estimate of drug-likeness (QED) is 0.448. The van der Waals surface area contributed by atoms with Crippen LogP contribution in [0.25, 0.3) is 0 Å². The van der Waals surface area contributed by atoms with Crippen molar-refractivity contribution in [2.75, 3.05) is 53.0 Å². The van der Waals surface area contributed by atoms with Crippen LogP contribution in [0.1, 0.15) is 39.2 Å². The minimum atomic E-state index is -0.311. The molecule has 1 unspecified atom stereocenters. The SMILES string of the molecule is CCNC(=NCC(CCO)CC(C)C)N1CCN(Cc2ccc(OC)c(F)c2)CC1. The second-order valence-electron chi connectivity index (χ2n) is 8.43. The maximum atomic E-state index is 13.9. The number of hydrogen-bond donors (Lipinski definition) is 2. The van der Waals surface area contributed by atoms with Gasteiger partial charge in [0.15, 0.2) is 17.5 Å². The Bertz CT molecular complexity index is 661. The molecular weight excluding hydrogens is 383 g/mol. The van der Waals surface area contributed by atoms with E-state index in [-0.39, 0.29) is 18.2 Å². The van der Waals surface area contributed by atoms with E-state index in [0.717, 1.165) is 70.2 Å². The number of aliphatic hydroxyl groups is 1. The van der Waals surface area contributed by atoms with Crippen molar-refractivity contribution in [3.63, 3.8) is 0 Å². The zero-order valence-electron chi connectivity index (χ0n) is 19.0. The number of rotatable bonds is 10. The van der Waals surface area contributed by atoms with Crippen LogP contribution < -0.4 is 10.1 Å². The van der Waals surface area contributed by atoms with Gasteiger partial charge in [-0.3, -0.25) is 9.89 Å². The highest BCUT2D eigenvalue weighted by Gasteiger charge is 2.20. The number of guanidine groups is 1. The Hall–Kier alpha value is -1.86. The topological polar surface area (TPSA) is 60.3 Å². The molecule has 1 atom stereocenters. The van der Waals surface area contributed by atoms with E-state index in [2.05, 4.69) is 35.9 Å². The minimum Gasteiger partial charge on any atom is -0.494 e. The van der Waals surface area contributed by atoms with E-state index >= 15 is 0 Å². The molecule has 6 nitrogen and oxygen atoms in total. The standard InChI is InChI=1S/C23H39FN4O2/c1-5-25-23(26-16-19(8-13-29)14-18(2)3)28-11-9-27(10-12-28)17-20-6-7-22(30-4)21(24)15-20/h6-7,15,18-19,29H,5,8-14,16-17H2,1-4H3,(H,25,26). The molecule has 0 bridgehead atoms. The molecule has 7 heteroatoms. The number of hydrogen-bond acceptors (Lipinski definition) is 4. The first kappa shape index (κ1) is 24.4. The monoisotopic (exact) mass is 422 g/mol. The van der Waals surface area contributed by atoms with E-state index in [1.165, 1.54) is 7.11 Å². The average Bonchev–Trinajstić information content (AvgIpc) is 2.71. The van der Waals surface area contributed by atoms with Gasteiger partial charge in [0, 0.05) is 52.4 Å². The molecular formula is C23H39FN4O2. The van der Waals surface area contributed by atoms with Gasteiger partial charge < -0.3 is 20.1 Å². The molecule has 30 heavy (non-hydrogen) atoms. The lowest BCUT2D eigenvalue weighted by molar-refractivity contribution is 0.172. The van der Waals surface area contributed by atoms with E-state index in [1.807, 2.05) is 6.07 Å². The summed E-state index contributed by atoms with van der Waals surface area (Å²) in [4.78, 5) is 9.53. The van der Waals surface area contributed by atoms with Crippen molar-refractivity contribution in [2.24, 2.45) is 16.8 Å². The minimum absolute atomic E-state index is 0.216. The van der Waals surface area contributed by atoms with Crippen molar-refractivity contribution >= 4 is 5.96 Å². The van der Waals surface area contributed by atoms with Gasteiger partial charge in [-0.15, -0.1) is 0 Å². The summed E-state index contributed by atoms with van der Waals surface area (Å²) in [5.41, 5.74) is 0.961. The molecule has 170 valence electrons. The van der Waals surface area contributed by atoms with Crippen LogP contribution in [-0.4, -0.2) is 73.9 Å². The van der Waals surface area contributed by atoms with E-state index in [9.17, 15) is 9.50 Å². The molecule has 1 fully saturated rings. The van der Waals surface area contributed by atoms with Gasteiger partial charge in [0.2, 0.25) is 0 Å². The summed E-state index contributed by atoms with van der Waals surface area (Å²) in [7, 11) is 1.48. The van der Waals surface area contributed by atoms with Gasteiger partial charge in [0.1, 0.15) is 0 Å². The van der Waals surface area contributed by atoms with Crippen LogP contribution >= 0.6 is 0 Å². The summed E-state index contributed by atoms with van der Waals surface area (Å²) in [5, 5.41) is 12.8. The predicted molar refractivity (Wildman–Crippen MR) is 120 cm³/mol. The molecule has 0 radical (unpaired) electrons.